The van der Waals surface area contributed by atoms with Gasteiger partial charge in [-0.15, -0.1) is 0 Å². The normalized spacial score (nSPS) is 31.2. The number of carbonyl (C=O) groups excluding carboxylic acids is 2. The van der Waals surface area contributed by atoms with Gasteiger partial charge in [-0.05, 0) is 37.0 Å². The quantitative estimate of drug-likeness (QED) is 0.614. The van der Waals surface area contributed by atoms with Crippen molar-refractivity contribution in [3.63, 3.8) is 0 Å². The lowest BCUT2D eigenvalue weighted by Gasteiger charge is -2.60. The van der Waals surface area contributed by atoms with Crippen LogP contribution in [0, 0.1) is 5.92 Å². The molecular weight excluding hydrogens is 412 g/mol. The summed E-state index contributed by atoms with van der Waals surface area (Å²) in [6.07, 6.45) is 5.55. The molecule has 0 aromatic heterocycles. The average molecular weight is 443 g/mol. The van der Waals surface area contributed by atoms with Crippen molar-refractivity contribution in [2.75, 3.05) is 20.2 Å². The summed E-state index contributed by atoms with van der Waals surface area (Å²) >= 11 is 0. The Morgan fingerprint density at radius 1 is 1.19 bits per heavy atom. The van der Waals surface area contributed by atoms with Crippen molar-refractivity contribution in [2.24, 2.45) is 17.4 Å². The molecule has 4 N–H and O–H groups in total. The standard InChI is InChI=1S/C24H30N2O6/c1-29-16-5-4-14-13-15-3-2-9-23-20(14)21(16)31-22(23)17(30-18(27)7-11-25)6-10-24(15,23)32-19(28)8-12-26/h4-6,15,22H,2-3,7-13,25-26H2,1H3/t15-,22+,23+,24-/m1/s1. The Balaban J connectivity index is 1.69. The summed E-state index contributed by atoms with van der Waals surface area (Å²) in [5.74, 6) is 1.23. The van der Waals surface area contributed by atoms with Crippen LogP contribution in [-0.2, 0) is 30.9 Å². The summed E-state index contributed by atoms with van der Waals surface area (Å²) in [7, 11) is 1.61. The Labute approximate surface area is 187 Å². The number of methoxy groups -OCH3 is 1. The zero-order valence-corrected chi connectivity index (χ0v) is 18.4. The Bertz CT molecular complexity index is 991. The second kappa shape index (κ2) is 7.78. The summed E-state index contributed by atoms with van der Waals surface area (Å²) < 4.78 is 24.3. The van der Waals surface area contributed by atoms with E-state index in [-0.39, 0.29) is 37.8 Å². The van der Waals surface area contributed by atoms with Crippen LogP contribution in [-0.4, -0.2) is 43.8 Å². The van der Waals surface area contributed by atoms with Gasteiger partial charge in [0.25, 0.3) is 0 Å². The van der Waals surface area contributed by atoms with Crippen molar-refractivity contribution in [3.8, 4) is 11.5 Å². The smallest absolute Gasteiger partial charge is 0.312 e. The molecule has 172 valence electrons. The van der Waals surface area contributed by atoms with E-state index in [1.807, 2.05) is 12.1 Å². The van der Waals surface area contributed by atoms with E-state index in [4.69, 9.17) is 30.4 Å². The molecule has 0 unspecified atom stereocenters. The van der Waals surface area contributed by atoms with E-state index in [1.165, 1.54) is 5.56 Å². The third kappa shape index (κ3) is 2.75. The second-order valence-corrected chi connectivity index (χ2v) is 9.12. The minimum absolute atomic E-state index is 0.123. The third-order valence-corrected chi connectivity index (χ3v) is 7.65. The van der Waals surface area contributed by atoms with Gasteiger partial charge in [0.2, 0.25) is 0 Å². The van der Waals surface area contributed by atoms with Gasteiger partial charge in [-0.25, -0.2) is 0 Å². The zero-order chi connectivity index (χ0) is 22.5. The van der Waals surface area contributed by atoms with Crippen LogP contribution in [0.3, 0.4) is 0 Å². The largest absolute Gasteiger partial charge is 0.493 e. The minimum atomic E-state index is -0.767. The number of carbonyl (C=O) groups is 2. The third-order valence-electron chi connectivity index (χ3n) is 7.65. The topological polar surface area (TPSA) is 123 Å². The Hall–Kier alpha value is -2.58. The molecule has 1 saturated carbocycles. The molecule has 2 bridgehead atoms. The van der Waals surface area contributed by atoms with Gasteiger partial charge in [0, 0.05) is 31.0 Å². The van der Waals surface area contributed by atoms with Gasteiger partial charge in [-0.3, -0.25) is 9.59 Å². The van der Waals surface area contributed by atoms with E-state index in [9.17, 15) is 9.59 Å². The maximum atomic E-state index is 12.8. The lowest BCUT2D eigenvalue weighted by atomic mass is 9.46. The molecule has 1 aromatic rings. The van der Waals surface area contributed by atoms with Crippen molar-refractivity contribution < 1.29 is 28.5 Å². The summed E-state index contributed by atoms with van der Waals surface area (Å²) in [6, 6.07) is 4.02. The summed E-state index contributed by atoms with van der Waals surface area (Å²) in [5.41, 5.74) is 12.0. The fourth-order valence-electron chi connectivity index (χ4n) is 6.54. The predicted octanol–water partition coefficient (Wildman–Crippen LogP) is 1.86. The van der Waals surface area contributed by atoms with Gasteiger partial charge in [-0.1, -0.05) is 12.5 Å². The number of ether oxygens (including phenoxy) is 4. The van der Waals surface area contributed by atoms with Crippen molar-refractivity contribution >= 4 is 11.9 Å². The van der Waals surface area contributed by atoms with Crippen molar-refractivity contribution in [1.29, 1.82) is 0 Å². The van der Waals surface area contributed by atoms with E-state index in [1.54, 1.807) is 7.11 Å². The lowest BCUT2D eigenvalue weighted by molar-refractivity contribution is -0.200. The monoisotopic (exact) mass is 442 g/mol. The molecule has 1 aromatic carbocycles. The Morgan fingerprint density at radius 2 is 1.97 bits per heavy atom. The fourth-order valence-corrected chi connectivity index (χ4v) is 6.54. The molecule has 1 aliphatic heterocycles. The molecule has 0 saturated heterocycles. The number of hydrogen-bond acceptors (Lipinski definition) is 8. The molecule has 0 radical (unpaired) electrons. The molecule has 4 aliphatic rings. The van der Waals surface area contributed by atoms with Crippen molar-refractivity contribution in [2.45, 2.75) is 62.1 Å². The number of rotatable bonds is 7. The van der Waals surface area contributed by atoms with Crippen LogP contribution in [0.25, 0.3) is 0 Å². The highest BCUT2D eigenvalue weighted by Gasteiger charge is 2.73. The molecule has 1 spiro atoms. The molecule has 32 heavy (non-hydrogen) atoms. The zero-order valence-electron chi connectivity index (χ0n) is 18.4. The van der Waals surface area contributed by atoms with Gasteiger partial charge in [0.15, 0.2) is 17.6 Å². The highest BCUT2D eigenvalue weighted by Crippen LogP contribution is 2.68. The first-order valence-electron chi connectivity index (χ1n) is 11.4. The van der Waals surface area contributed by atoms with Gasteiger partial charge in [0.05, 0.1) is 25.4 Å². The molecule has 5 rings (SSSR count). The number of benzene rings is 1. The van der Waals surface area contributed by atoms with Gasteiger partial charge >= 0.3 is 11.9 Å². The molecule has 0 amide bonds. The summed E-state index contributed by atoms with van der Waals surface area (Å²) in [4.78, 5) is 25.2. The first-order chi connectivity index (χ1) is 15.5. The maximum absolute atomic E-state index is 12.8. The number of nitrogens with two attached hydrogens (primary N) is 2. The molecule has 4 atom stereocenters. The van der Waals surface area contributed by atoms with E-state index in [2.05, 4.69) is 6.07 Å². The lowest BCUT2D eigenvalue weighted by Crippen LogP contribution is -2.69. The van der Waals surface area contributed by atoms with Crippen LogP contribution in [0.4, 0.5) is 0 Å². The van der Waals surface area contributed by atoms with Crippen molar-refractivity contribution in [3.05, 3.63) is 35.1 Å². The van der Waals surface area contributed by atoms with E-state index >= 15 is 0 Å². The second-order valence-electron chi connectivity index (χ2n) is 9.12. The van der Waals surface area contributed by atoms with Crippen LogP contribution in [0.1, 0.15) is 49.7 Å². The van der Waals surface area contributed by atoms with Crippen LogP contribution in [0.5, 0.6) is 11.5 Å². The number of hydrogen-bond donors (Lipinski definition) is 2. The van der Waals surface area contributed by atoms with E-state index < -0.39 is 23.1 Å². The molecular formula is C24H30N2O6. The van der Waals surface area contributed by atoms with Crippen LogP contribution in [0.15, 0.2) is 24.0 Å². The Morgan fingerprint density at radius 3 is 2.72 bits per heavy atom. The molecule has 1 fully saturated rings. The average Bonchev–Trinajstić information content (AvgIpc) is 3.10. The highest BCUT2D eigenvalue weighted by molar-refractivity contribution is 5.73. The van der Waals surface area contributed by atoms with Crippen LogP contribution < -0.4 is 20.9 Å². The first kappa shape index (κ1) is 21.3. The minimum Gasteiger partial charge on any atom is -0.493 e. The first-order valence-corrected chi connectivity index (χ1v) is 11.4. The molecule has 1 heterocycles. The van der Waals surface area contributed by atoms with Gasteiger partial charge < -0.3 is 30.4 Å². The molecule has 8 nitrogen and oxygen atoms in total. The van der Waals surface area contributed by atoms with E-state index in [0.29, 0.717) is 23.7 Å². The molecule has 8 heteroatoms. The van der Waals surface area contributed by atoms with Crippen molar-refractivity contribution in [1.82, 2.24) is 0 Å². The van der Waals surface area contributed by atoms with Gasteiger partial charge in [-0.2, -0.15) is 0 Å². The number of esters is 2. The maximum Gasteiger partial charge on any atom is 0.312 e. The summed E-state index contributed by atoms with van der Waals surface area (Å²) in [6.45, 7) is 0.448. The SMILES string of the molecule is COc1ccc2c3c1O[C@H]1C(OC(=O)CCN)=CC[C@@]4(OC(=O)CCN)[C@H](CCC[C@]314)C2. The predicted molar refractivity (Wildman–Crippen MR) is 115 cm³/mol. The van der Waals surface area contributed by atoms with Gasteiger partial charge in [0.1, 0.15) is 11.4 Å². The van der Waals surface area contributed by atoms with E-state index in [0.717, 1.165) is 31.2 Å². The van der Waals surface area contributed by atoms with Crippen LogP contribution in [0.2, 0.25) is 0 Å². The highest BCUT2D eigenvalue weighted by atomic mass is 16.6. The Kier molecular flexibility index (Phi) is 5.17. The fraction of sp³-hybridized carbons (Fsp3) is 0.583. The summed E-state index contributed by atoms with van der Waals surface area (Å²) in [5, 5.41) is 0. The van der Waals surface area contributed by atoms with Crippen LogP contribution >= 0.6 is 0 Å². The molecule has 3 aliphatic carbocycles.